The summed E-state index contributed by atoms with van der Waals surface area (Å²) in [5.41, 5.74) is 10.1. The van der Waals surface area contributed by atoms with Gasteiger partial charge >= 0.3 is 0 Å². The van der Waals surface area contributed by atoms with Gasteiger partial charge in [-0.1, -0.05) is 27.2 Å². The molecule has 0 radical (unpaired) electrons. The van der Waals surface area contributed by atoms with Gasteiger partial charge in [-0.05, 0) is 19.3 Å². The lowest BCUT2D eigenvalue weighted by molar-refractivity contribution is -0.131. The monoisotopic (exact) mass is 229 g/mol. The summed E-state index contributed by atoms with van der Waals surface area (Å²) in [5, 5.41) is 2.60. The van der Waals surface area contributed by atoms with Crippen LogP contribution in [-0.4, -0.2) is 23.4 Å². The van der Waals surface area contributed by atoms with Crippen LogP contribution in [0.15, 0.2) is 0 Å². The van der Waals surface area contributed by atoms with E-state index in [2.05, 4.69) is 5.32 Å². The number of carbonyl (C=O) groups excluding carboxylic acids is 2. The highest BCUT2D eigenvalue weighted by atomic mass is 16.2. The van der Waals surface area contributed by atoms with Crippen molar-refractivity contribution in [3.63, 3.8) is 0 Å². The standard InChI is InChI=1S/C11H23N3O2/c1-5-6-11(4,13)10(16)14-8(7(2)3)9(12)15/h7-8H,5-6,13H2,1-4H3,(H2,12,15)(H,14,16). The maximum absolute atomic E-state index is 11.8. The number of hydrogen-bond acceptors (Lipinski definition) is 3. The highest BCUT2D eigenvalue weighted by Crippen LogP contribution is 2.10. The Bertz CT molecular complexity index is 262. The van der Waals surface area contributed by atoms with Crippen molar-refractivity contribution in [1.29, 1.82) is 0 Å². The molecule has 0 heterocycles. The molecular formula is C11H23N3O2. The van der Waals surface area contributed by atoms with Crippen LogP contribution < -0.4 is 16.8 Å². The molecule has 0 aliphatic heterocycles. The Morgan fingerprint density at radius 1 is 1.38 bits per heavy atom. The Kier molecular flexibility index (Phi) is 5.44. The van der Waals surface area contributed by atoms with E-state index in [1.54, 1.807) is 6.92 Å². The molecule has 0 fully saturated rings. The van der Waals surface area contributed by atoms with E-state index >= 15 is 0 Å². The molecule has 94 valence electrons. The molecule has 5 nitrogen and oxygen atoms in total. The molecule has 2 unspecified atom stereocenters. The Balaban J connectivity index is 4.58. The Labute approximate surface area is 96.9 Å². The Hall–Kier alpha value is -1.10. The van der Waals surface area contributed by atoms with Gasteiger partial charge in [0.15, 0.2) is 0 Å². The number of nitrogens with two attached hydrogens (primary N) is 2. The molecule has 0 rings (SSSR count). The number of carbonyl (C=O) groups is 2. The molecule has 5 N–H and O–H groups in total. The lowest BCUT2D eigenvalue weighted by Gasteiger charge is -2.27. The summed E-state index contributed by atoms with van der Waals surface area (Å²) in [7, 11) is 0. The maximum Gasteiger partial charge on any atom is 0.240 e. The fraction of sp³-hybridized carbons (Fsp3) is 0.818. The van der Waals surface area contributed by atoms with Crippen LogP contribution in [0, 0.1) is 5.92 Å². The largest absolute Gasteiger partial charge is 0.368 e. The van der Waals surface area contributed by atoms with Gasteiger partial charge in [0.1, 0.15) is 6.04 Å². The number of primary amides is 1. The van der Waals surface area contributed by atoms with E-state index < -0.39 is 17.5 Å². The topological polar surface area (TPSA) is 98.2 Å². The van der Waals surface area contributed by atoms with Gasteiger partial charge in [0, 0.05) is 0 Å². The Morgan fingerprint density at radius 2 is 1.88 bits per heavy atom. The third-order valence-corrected chi connectivity index (χ3v) is 2.55. The first-order valence-electron chi connectivity index (χ1n) is 5.61. The minimum atomic E-state index is -0.947. The maximum atomic E-state index is 11.8. The summed E-state index contributed by atoms with van der Waals surface area (Å²) < 4.78 is 0. The minimum Gasteiger partial charge on any atom is -0.368 e. The summed E-state index contributed by atoms with van der Waals surface area (Å²) in [5.74, 6) is -0.902. The second kappa shape index (κ2) is 5.84. The van der Waals surface area contributed by atoms with E-state index in [9.17, 15) is 9.59 Å². The normalized spacial score (nSPS) is 16.6. The van der Waals surface area contributed by atoms with Crippen LogP contribution in [-0.2, 0) is 9.59 Å². The summed E-state index contributed by atoms with van der Waals surface area (Å²) >= 11 is 0. The molecule has 0 aromatic carbocycles. The van der Waals surface area contributed by atoms with Gasteiger partial charge in [0.05, 0.1) is 5.54 Å². The Morgan fingerprint density at radius 3 is 2.19 bits per heavy atom. The quantitative estimate of drug-likeness (QED) is 0.603. The summed E-state index contributed by atoms with van der Waals surface area (Å²) in [6, 6.07) is -0.660. The highest BCUT2D eigenvalue weighted by molar-refractivity contribution is 5.91. The van der Waals surface area contributed by atoms with Crippen molar-refractivity contribution in [2.75, 3.05) is 0 Å². The van der Waals surface area contributed by atoms with E-state index in [-0.39, 0.29) is 11.8 Å². The number of hydrogen-bond donors (Lipinski definition) is 3. The number of nitrogens with one attached hydrogen (secondary N) is 1. The fourth-order valence-corrected chi connectivity index (χ4v) is 1.51. The SMILES string of the molecule is CCCC(C)(N)C(=O)NC(C(N)=O)C(C)C. The molecule has 0 saturated carbocycles. The molecule has 16 heavy (non-hydrogen) atoms. The van der Waals surface area contributed by atoms with Crippen LogP contribution in [0.2, 0.25) is 0 Å². The third kappa shape index (κ3) is 4.18. The first-order valence-corrected chi connectivity index (χ1v) is 5.61. The highest BCUT2D eigenvalue weighted by Gasteiger charge is 2.31. The molecule has 0 spiro atoms. The first-order chi connectivity index (χ1) is 7.22. The minimum absolute atomic E-state index is 0.0427. The molecular weight excluding hydrogens is 206 g/mol. The zero-order valence-electron chi connectivity index (χ0n) is 10.5. The van der Waals surface area contributed by atoms with E-state index in [0.717, 1.165) is 6.42 Å². The van der Waals surface area contributed by atoms with E-state index in [0.29, 0.717) is 6.42 Å². The zero-order valence-corrected chi connectivity index (χ0v) is 10.5. The van der Waals surface area contributed by atoms with Gasteiger partial charge in [0.25, 0.3) is 0 Å². The average molecular weight is 229 g/mol. The zero-order chi connectivity index (χ0) is 12.9. The van der Waals surface area contributed by atoms with Crippen molar-refractivity contribution in [3.8, 4) is 0 Å². The number of amides is 2. The van der Waals surface area contributed by atoms with Crippen LogP contribution in [0.5, 0.6) is 0 Å². The molecule has 0 aromatic heterocycles. The lowest BCUT2D eigenvalue weighted by atomic mass is 9.94. The van der Waals surface area contributed by atoms with E-state index in [1.165, 1.54) is 0 Å². The molecule has 0 aliphatic carbocycles. The summed E-state index contributed by atoms with van der Waals surface area (Å²) in [4.78, 5) is 23.0. The van der Waals surface area contributed by atoms with Crippen LogP contribution in [0.3, 0.4) is 0 Å². The van der Waals surface area contributed by atoms with Gasteiger partial charge in [-0.2, -0.15) is 0 Å². The smallest absolute Gasteiger partial charge is 0.240 e. The summed E-state index contributed by atoms with van der Waals surface area (Å²) in [6.45, 7) is 7.25. The van der Waals surface area contributed by atoms with Crippen molar-refractivity contribution in [2.24, 2.45) is 17.4 Å². The molecule has 2 amide bonds. The molecule has 0 bridgehead atoms. The van der Waals surface area contributed by atoms with Gasteiger partial charge in [-0.25, -0.2) is 0 Å². The van der Waals surface area contributed by atoms with Crippen LogP contribution in [0.1, 0.15) is 40.5 Å². The lowest BCUT2D eigenvalue weighted by Crippen LogP contribution is -2.58. The van der Waals surface area contributed by atoms with Crippen molar-refractivity contribution < 1.29 is 9.59 Å². The van der Waals surface area contributed by atoms with Gasteiger partial charge in [-0.15, -0.1) is 0 Å². The van der Waals surface area contributed by atoms with Crippen LogP contribution >= 0.6 is 0 Å². The first kappa shape index (κ1) is 14.9. The molecule has 0 aliphatic rings. The van der Waals surface area contributed by atoms with Crippen molar-refractivity contribution in [2.45, 2.75) is 52.1 Å². The van der Waals surface area contributed by atoms with E-state index in [1.807, 2.05) is 20.8 Å². The van der Waals surface area contributed by atoms with Crippen LogP contribution in [0.4, 0.5) is 0 Å². The average Bonchev–Trinajstić information content (AvgIpc) is 2.12. The van der Waals surface area contributed by atoms with E-state index in [4.69, 9.17) is 11.5 Å². The second-order valence-electron chi connectivity index (χ2n) is 4.76. The third-order valence-electron chi connectivity index (χ3n) is 2.55. The van der Waals surface area contributed by atoms with Crippen molar-refractivity contribution >= 4 is 11.8 Å². The van der Waals surface area contributed by atoms with Gasteiger partial charge in [-0.3, -0.25) is 9.59 Å². The van der Waals surface area contributed by atoms with Crippen molar-refractivity contribution in [1.82, 2.24) is 5.32 Å². The molecule has 0 saturated heterocycles. The predicted molar refractivity (Wildman–Crippen MR) is 63.5 cm³/mol. The second-order valence-corrected chi connectivity index (χ2v) is 4.76. The van der Waals surface area contributed by atoms with Crippen molar-refractivity contribution in [3.05, 3.63) is 0 Å². The summed E-state index contributed by atoms with van der Waals surface area (Å²) in [6.07, 6.45) is 1.38. The molecule has 5 heteroatoms. The molecule has 0 aromatic rings. The van der Waals surface area contributed by atoms with Gasteiger partial charge in [0.2, 0.25) is 11.8 Å². The number of rotatable bonds is 6. The van der Waals surface area contributed by atoms with Gasteiger partial charge < -0.3 is 16.8 Å². The van der Waals surface area contributed by atoms with Crippen LogP contribution in [0.25, 0.3) is 0 Å². The predicted octanol–water partition coefficient (Wildman–Crippen LogP) is 0.130. The fourth-order valence-electron chi connectivity index (χ4n) is 1.51. The molecule has 2 atom stereocenters.